The van der Waals surface area contributed by atoms with Crippen LogP contribution in [-0.2, 0) is 6.54 Å². The Morgan fingerprint density at radius 3 is 2.79 bits per heavy atom. The number of carbonyl (C=O) groups excluding carboxylic acids is 1. The Labute approximate surface area is 125 Å². The maximum absolute atomic E-state index is 11.9. The van der Waals surface area contributed by atoms with E-state index in [1.165, 1.54) is 4.88 Å². The van der Waals surface area contributed by atoms with Crippen molar-refractivity contribution in [2.45, 2.75) is 6.54 Å². The summed E-state index contributed by atoms with van der Waals surface area (Å²) in [6, 6.07) is 9.60. The van der Waals surface area contributed by atoms with Gasteiger partial charge in [0, 0.05) is 34.7 Å². The van der Waals surface area contributed by atoms with Crippen LogP contribution in [0.15, 0.2) is 40.2 Å². The lowest BCUT2D eigenvalue weighted by Gasteiger charge is -2.12. The molecule has 1 aromatic heterocycles. The molecule has 0 spiro atoms. The lowest BCUT2D eigenvalue weighted by molar-refractivity contribution is 0.0827. The first-order valence-electron chi connectivity index (χ1n) is 5.85. The van der Waals surface area contributed by atoms with Crippen molar-refractivity contribution < 1.29 is 4.79 Å². The van der Waals surface area contributed by atoms with E-state index in [2.05, 4.69) is 21.2 Å². The van der Waals surface area contributed by atoms with E-state index in [-0.39, 0.29) is 5.91 Å². The monoisotopic (exact) mass is 338 g/mol. The molecule has 0 aliphatic heterocycles. The second-order valence-electron chi connectivity index (χ2n) is 4.33. The van der Waals surface area contributed by atoms with Crippen LogP contribution < -0.4 is 5.32 Å². The van der Waals surface area contributed by atoms with Gasteiger partial charge in [0.1, 0.15) is 0 Å². The van der Waals surface area contributed by atoms with Gasteiger partial charge in [-0.1, -0.05) is 6.07 Å². The molecule has 0 aliphatic carbocycles. The minimum atomic E-state index is 0.0148. The maximum Gasteiger partial charge on any atom is 0.253 e. The molecule has 0 radical (unpaired) electrons. The maximum atomic E-state index is 11.9. The summed E-state index contributed by atoms with van der Waals surface area (Å²) < 4.78 is 1.12. The molecule has 0 unspecified atom stereocenters. The quantitative estimate of drug-likeness (QED) is 0.918. The minimum Gasteiger partial charge on any atom is -0.380 e. The van der Waals surface area contributed by atoms with E-state index in [4.69, 9.17) is 0 Å². The fraction of sp³-hybridized carbons (Fsp3) is 0.214. The first kappa shape index (κ1) is 14.1. The van der Waals surface area contributed by atoms with Crippen LogP contribution in [0.2, 0.25) is 0 Å². The number of halogens is 1. The Hall–Kier alpha value is -1.33. The summed E-state index contributed by atoms with van der Waals surface area (Å²) in [5, 5.41) is 5.38. The summed E-state index contributed by atoms with van der Waals surface area (Å²) in [7, 11) is 3.51. The third kappa shape index (κ3) is 3.58. The number of carbonyl (C=O) groups is 1. The minimum absolute atomic E-state index is 0.0148. The van der Waals surface area contributed by atoms with Crippen LogP contribution in [0.25, 0.3) is 0 Å². The molecule has 0 aliphatic rings. The molecule has 3 nitrogen and oxygen atoms in total. The zero-order valence-electron chi connectivity index (χ0n) is 10.8. The fourth-order valence-electron chi connectivity index (χ4n) is 1.65. The Morgan fingerprint density at radius 2 is 2.16 bits per heavy atom. The van der Waals surface area contributed by atoms with Gasteiger partial charge in [-0.25, -0.2) is 0 Å². The van der Waals surface area contributed by atoms with Crippen LogP contribution in [-0.4, -0.2) is 24.9 Å². The van der Waals surface area contributed by atoms with Gasteiger partial charge in [-0.15, -0.1) is 11.3 Å². The summed E-state index contributed by atoms with van der Waals surface area (Å²) in [6.45, 7) is 0.748. The van der Waals surface area contributed by atoms with Crippen molar-refractivity contribution in [3.05, 3.63) is 50.6 Å². The van der Waals surface area contributed by atoms with E-state index in [1.54, 1.807) is 30.3 Å². The average Bonchev–Trinajstić information content (AvgIpc) is 2.81. The van der Waals surface area contributed by atoms with Crippen LogP contribution in [0.5, 0.6) is 0 Å². The summed E-state index contributed by atoms with van der Waals surface area (Å²) in [4.78, 5) is 14.7. The first-order chi connectivity index (χ1) is 9.08. The highest BCUT2D eigenvalue weighted by atomic mass is 79.9. The molecule has 0 saturated carbocycles. The molecule has 2 rings (SSSR count). The van der Waals surface area contributed by atoms with Crippen molar-refractivity contribution in [2.75, 3.05) is 19.4 Å². The second-order valence-corrected chi connectivity index (χ2v) is 6.18. The molecule has 1 N–H and O–H groups in total. The highest BCUT2D eigenvalue weighted by molar-refractivity contribution is 9.10. The fourth-order valence-corrected chi connectivity index (χ4v) is 3.09. The second kappa shape index (κ2) is 6.21. The van der Waals surface area contributed by atoms with Gasteiger partial charge in [0.15, 0.2) is 0 Å². The van der Waals surface area contributed by atoms with Gasteiger partial charge < -0.3 is 10.2 Å². The van der Waals surface area contributed by atoms with E-state index < -0.39 is 0 Å². The van der Waals surface area contributed by atoms with Crippen molar-refractivity contribution in [3.63, 3.8) is 0 Å². The van der Waals surface area contributed by atoms with Gasteiger partial charge >= 0.3 is 0 Å². The predicted octanol–water partition coefficient (Wildman–Crippen LogP) is 3.82. The molecule has 19 heavy (non-hydrogen) atoms. The molecule has 0 atom stereocenters. The lowest BCUT2D eigenvalue weighted by atomic mass is 10.2. The SMILES string of the molecule is CN(C)C(=O)c1cccc(NCc2sccc2Br)c1. The molecule has 1 heterocycles. The number of benzene rings is 1. The number of hydrogen-bond acceptors (Lipinski definition) is 3. The van der Waals surface area contributed by atoms with E-state index in [1.807, 2.05) is 35.7 Å². The van der Waals surface area contributed by atoms with Gasteiger partial charge in [0.25, 0.3) is 5.91 Å². The Kier molecular flexibility index (Phi) is 4.61. The van der Waals surface area contributed by atoms with Crippen molar-refractivity contribution in [2.24, 2.45) is 0 Å². The van der Waals surface area contributed by atoms with Crippen LogP contribution in [0, 0.1) is 0 Å². The Bertz CT molecular complexity index is 580. The topological polar surface area (TPSA) is 32.3 Å². The number of anilines is 1. The van der Waals surface area contributed by atoms with E-state index in [9.17, 15) is 4.79 Å². The Morgan fingerprint density at radius 1 is 1.37 bits per heavy atom. The summed E-state index contributed by atoms with van der Waals surface area (Å²) in [6.07, 6.45) is 0. The van der Waals surface area contributed by atoms with E-state index in [0.717, 1.165) is 16.7 Å². The molecule has 1 aromatic carbocycles. The molecule has 0 fully saturated rings. The van der Waals surface area contributed by atoms with Crippen LogP contribution in [0.3, 0.4) is 0 Å². The normalized spacial score (nSPS) is 10.3. The van der Waals surface area contributed by atoms with Gasteiger partial charge in [0.05, 0.1) is 6.54 Å². The average molecular weight is 339 g/mol. The van der Waals surface area contributed by atoms with Gasteiger partial charge in [-0.2, -0.15) is 0 Å². The zero-order chi connectivity index (χ0) is 13.8. The molecule has 5 heteroatoms. The van der Waals surface area contributed by atoms with Gasteiger partial charge in [-0.05, 0) is 45.6 Å². The smallest absolute Gasteiger partial charge is 0.253 e. The summed E-state index contributed by atoms with van der Waals surface area (Å²) in [5.74, 6) is 0.0148. The van der Waals surface area contributed by atoms with Crippen molar-refractivity contribution in [1.29, 1.82) is 0 Å². The number of amides is 1. The Balaban J connectivity index is 2.07. The van der Waals surface area contributed by atoms with Crippen molar-refractivity contribution in [3.8, 4) is 0 Å². The number of nitrogens with one attached hydrogen (secondary N) is 1. The van der Waals surface area contributed by atoms with Crippen molar-refractivity contribution >= 4 is 38.9 Å². The standard InChI is InChI=1S/C14H15BrN2OS/c1-17(2)14(18)10-4-3-5-11(8-10)16-9-13-12(15)6-7-19-13/h3-8,16H,9H2,1-2H3. The lowest BCUT2D eigenvalue weighted by Crippen LogP contribution is -2.21. The first-order valence-corrected chi connectivity index (χ1v) is 7.52. The van der Waals surface area contributed by atoms with E-state index >= 15 is 0 Å². The summed E-state index contributed by atoms with van der Waals surface area (Å²) >= 11 is 5.21. The van der Waals surface area contributed by atoms with E-state index in [0.29, 0.717) is 5.56 Å². The van der Waals surface area contributed by atoms with Crippen LogP contribution in [0.1, 0.15) is 15.2 Å². The number of rotatable bonds is 4. The zero-order valence-corrected chi connectivity index (χ0v) is 13.2. The van der Waals surface area contributed by atoms with Crippen LogP contribution >= 0.6 is 27.3 Å². The third-order valence-electron chi connectivity index (χ3n) is 2.66. The predicted molar refractivity (Wildman–Crippen MR) is 83.8 cm³/mol. The highest BCUT2D eigenvalue weighted by Crippen LogP contribution is 2.23. The molecule has 1 amide bonds. The highest BCUT2D eigenvalue weighted by Gasteiger charge is 2.08. The molecule has 100 valence electrons. The van der Waals surface area contributed by atoms with Crippen LogP contribution in [0.4, 0.5) is 5.69 Å². The largest absolute Gasteiger partial charge is 0.380 e. The number of thiophene rings is 1. The molecule has 0 saturated heterocycles. The number of hydrogen-bond donors (Lipinski definition) is 1. The van der Waals surface area contributed by atoms with Crippen molar-refractivity contribution in [1.82, 2.24) is 4.90 Å². The van der Waals surface area contributed by atoms with Gasteiger partial charge in [-0.3, -0.25) is 4.79 Å². The molecule has 2 aromatic rings. The third-order valence-corrected chi connectivity index (χ3v) is 4.59. The molecular formula is C14H15BrN2OS. The summed E-state index contributed by atoms with van der Waals surface area (Å²) in [5.41, 5.74) is 1.65. The molecule has 0 bridgehead atoms. The molecular weight excluding hydrogens is 324 g/mol. The van der Waals surface area contributed by atoms with Gasteiger partial charge in [0.2, 0.25) is 0 Å². The number of nitrogens with zero attached hydrogens (tertiary/aromatic N) is 1.